The molecule has 0 radical (unpaired) electrons. The van der Waals surface area contributed by atoms with Gasteiger partial charge in [0.2, 0.25) is 0 Å². The van der Waals surface area contributed by atoms with Crippen molar-refractivity contribution in [2.24, 2.45) is 0 Å². The van der Waals surface area contributed by atoms with Gasteiger partial charge >= 0.3 is 0 Å². The third-order valence-corrected chi connectivity index (χ3v) is 4.28. The van der Waals surface area contributed by atoms with Gasteiger partial charge in [-0.05, 0) is 43.3 Å². The number of ether oxygens (including phenoxy) is 1. The first-order chi connectivity index (χ1) is 14.1. The van der Waals surface area contributed by atoms with Gasteiger partial charge in [0.05, 0.1) is 12.2 Å². The lowest BCUT2D eigenvalue weighted by Crippen LogP contribution is -2.23. The Kier molecular flexibility index (Phi) is 5.07. The lowest BCUT2D eigenvalue weighted by Gasteiger charge is -2.03. The van der Waals surface area contributed by atoms with Gasteiger partial charge in [0.25, 0.3) is 5.91 Å². The maximum atomic E-state index is 12.3. The molecule has 29 heavy (non-hydrogen) atoms. The maximum absolute atomic E-state index is 12.3. The minimum absolute atomic E-state index is 0.00826. The second-order valence-corrected chi connectivity index (χ2v) is 6.43. The van der Waals surface area contributed by atoms with E-state index in [0.29, 0.717) is 17.1 Å². The molecule has 0 atom stereocenters. The molecule has 4 rings (SSSR count). The van der Waals surface area contributed by atoms with E-state index in [9.17, 15) is 9.59 Å². The zero-order valence-electron chi connectivity index (χ0n) is 15.7. The largest absolute Gasteiger partial charge is 0.486 e. The summed E-state index contributed by atoms with van der Waals surface area (Å²) in [4.78, 5) is 28.0. The number of pyridine rings is 1. The molecular formula is C21H18N4O4. The number of imidazole rings is 1. The number of carbonyl (C=O) groups is 2. The van der Waals surface area contributed by atoms with Gasteiger partial charge < -0.3 is 19.0 Å². The number of hydrogen-bond acceptors (Lipinski definition) is 6. The molecule has 1 aromatic carbocycles. The molecule has 0 aliphatic heterocycles. The summed E-state index contributed by atoms with van der Waals surface area (Å²) < 4.78 is 12.6. The zero-order chi connectivity index (χ0) is 20.2. The van der Waals surface area contributed by atoms with Crippen molar-refractivity contribution in [1.29, 1.82) is 0 Å². The fourth-order valence-corrected chi connectivity index (χ4v) is 2.76. The fourth-order valence-electron chi connectivity index (χ4n) is 2.76. The first kappa shape index (κ1) is 18.4. The van der Waals surface area contributed by atoms with Gasteiger partial charge in [0.1, 0.15) is 18.0 Å². The summed E-state index contributed by atoms with van der Waals surface area (Å²) in [5.41, 5.74) is 2.33. The lowest BCUT2D eigenvalue weighted by molar-refractivity contribution is 0.0940. The number of ketones is 1. The number of hydrogen-bond donors (Lipinski definition) is 1. The Morgan fingerprint density at radius 2 is 2.00 bits per heavy atom. The van der Waals surface area contributed by atoms with Crippen LogP contribution in [-0.2, 0) is 13.2 Å². The van der Waals surface area contributed by atoms with E-state index in [4.69, 9.17) is 9.26 Å². The van der Waals surface area contributed by atoms with Crippen LogP contribution in [0.1, 0.15) is 39.2 Å². The van der Waals surface area contributed by atoms with Crippen molar-refractivity contribution in [3.05, 3.63) is 83.6 Å². The summed E-state index contributed by atoms with van der Waals surface area (Å²) in [5, 5.41) is 6.55. The van der Waals surface area contributed by atoms with E-state index >= 15 is 0 Å². The van der Waals surface area contributed by atoms with E-state index in [1.165, 1.54) is 13.0 Å². The van der Waals surface area contributed by atoms with Crippen molar-refractivity contribution in [2.45, 2.75) is 20.1 Å². The number of nitrogens with zero attached hydrogens (tertiary/aromatic N) is 3. The molecule has 1 amide bonds. The quantitative estimate of drug-likeness (QED) is 0.487. The summed E-state index contributed by atoms with van der Waals surface area (Å²) in [5.74, 6) is 0.636. The highest BCUT2D eigenvalue weighted by Gasteiger charge is 2.13. The molecule has 8 heteroatoms. The number of amides is 1. The lowest BCUT2D eigenvalue weighted by atomic mass is 10.1. The number of nitrogens with one attached hydrogen (secondary N) is 1. The number of rotatable bonds is 7. The smallest absolute Gasteiger partial charge is 0.273 e. The molecule has 0 saturated carbocycles. The summed E-state index contributed by atoms with van der Waals surface area (Å²) in [7, 11) is 0. The molecule has 3 aromatic heterocycles. The average Bonchev–Trinajstić information content (AvgIpc) is 3.37. The number of carbonyl (C=O) groups excluding carboxylic acids is 2. The first-order valence-electron chi connectivity index (χ1n) is 8.99. The van der Waals surface area contributed by atoms with Crippen LogP contribution in [0.2, 0.25) is 0 Å². The second-order valence-electron chi connectivity index (χ2n) is 6.43. The topological polar surface area (TPSA) is 98.7 Å². The molecule has 4 aromatic rings. The zero-order valence-corrected chi connectivity index (χ0v) is 15.7. The van der Waals surface area contributed by atoms with E-state index in [2.05, 4.69) is 15.5 Å². The van der Waals surface area contributed by atoms with E-state index in [0.717, 1.165) is 11.3 Å². The van der Waals surface area contributed by atoms with Gasteiger partial charge in [-0.1, -0.05) is 11.2 Å². The Labute approximate surface area is 166 Å². The molecule has 146 valence electrons. The summed E-state index contributed by atoms with van der Waals surface area (Å²) in [6.45, 7) is 1.90. The van der Waals surface area contributed by atoms with E-state index in [1.54, 1.807) is 24.3 Å². The summed E-state index contributed by atoms with van der Waals surface area (Å²) in [6.07, 6.45) is 3.75. The van der Waals surface area contributed by atoms with Crippen molar-refractivity contribution >= 4 is 17.3 Å². The van der Waals surface area contributed by atoms with Crippen molar-refractivity contribution in [3.63, 3.8) is 0 Å². The van der Waals surface area contributed by atoms with Crippen LogP contribution in [0.5, 0.6) is 5.75 Å². The molecular weight excluding hydrogens is 372 g/mol. The monoisotopic (exact) mass is 390 g/mol. The van der Waals surface area contributed by atoms with Gasteiger partial charge in [-0.2, -0.15) is 0 Å². The first-order valence-corrected chi connectivity index (χ1v) is 8.99. The predicted octanol–water partition coefficient (Wildman–Crippen LogP) is 3.03. The minimum atomic E-state index is -0.358. The predicted molar refractivity (Wildman–Crippen MR) is 104 cm³/mol. The Morgan fingerprint density at radius 1 is 1.17 bits per heavy atom. The van der Waals surface area contributed by atoms with Crippen molar-refractivity contribution < 1.29 is 18.8 Å². The van der Waals surface area contributed by atoms with Gasteiger partial charge in [-0.25, -0.2) is 4.98 Å². The maximum Gasteiger partial charge on any atom is 0.273 e. The van der Waals surface area contributed by atoms with Crippen LogP contribution in [-0.4, -0.2) is 26.2 Å². The highest BCUT2D eigenvalue weighted by Crippen LogP contribution is 2.15. The standard InChI is InChI=1S/C21H18N4O4/c1-14(26)15-5-7-17(8-6-15)28-13-18-10-19(24-29-18)21(27)22-11-16-12-25-9-3-2-4-20(25)23-16/h2-10,12H,11,13H2,1H3,(H,22,27). The Bertz CT molecular complexity index is 1130. The normalized spacial score (nSPS) is 10.8. The van der Waals surface area contributed by atoms with E-state index in [-0.39, 0.29) is 30.5 Å². The number of aromatic nitrogens is 3. The van der Waals surface area contributed by atoms with Crippen LogP contribution < -0.4 is 10.1 Å². The minimum Gasteiger partial charge on any atom is -0.486 e. The molecule has 3 heterocycles. The SMILES string of the molecule is CC(=O)c1ccc(OCc2cc(C(=O)NCc3cn4ccccc4n3)no2)cc1. The van der Waals surface area contributed by atoms with Crippen LogP contribution >= 0.6 is 0 Å². The molecule has 8 nitrogen and oxygen atoms in total. The highest BCUT2D eigenvalue weighted by molar-refractivity contribution is 5.94. The van der Waals surface area contributed by atoms with Crippen LogP contribution in [0.15, 0.2) is 65.4 Å². The van der Waals surface area contributed by atoms with Crippen molar-refractivity contribution in [3.8, 4) is 5.75 Å². The molecule has 0 bridgehead atoms. The van der Waals surface area contributed by atoms with Gasteiger partial charge in [-0.15, -0.1) is 0 Å². The van der Waals surface area contributed by atoms with E-state index in [1.807, 2.05) is 35.0 Å². The van der Waals surface area contributed by atoms with Gasteiger partial charge in [0.15, 0.2) is 17.2 Å². The highest BCUT2D eigenvalue weighted by atomic mass is 16.5. The van der Waals surface area contributed by atoms with Crippen molar-refractivity contribution in [1.82, 2.24) is 19.9 Å². The Balaban J connectivity index is 1.31. The third-order valence-electron chi connectivity index (χ3n) is 4.28. The van der Waals surface area contributed by atoms with Crippen LogP contribution in [0, 0.1) is 0 Å². The van der Waals surface area contributed by atoms with Crippen molar-refractivity contribution in [2.75, 3.05) is 0 Å². The summed E-state index contributed by atoms with van der Waals surface area (Å²) in [6, 6.07) is 14.0. The van der Waals surface area contributed by atoms with Gasteiger partial charge in [-0.3, -0.25) is 9.59 Å². The van der Waals surface area contributed by atoms with Gasteiger partial charge in [0, 0.05) is 24.0 Å². The van der Waals surface area contributed by atoms with Crippen LogP contribution in [0.25, 0.3) is 5.65 Å². The molecule has 1 N–H and O–H groups in total. The number of benzene rings is 1. The average molecular weight is 390 g/mol. The Morgan fingerprint density at radius 3 is 2.76 bits per heavy atom. The molecule has 0 aliphatic rings. The molecule has 0 spiro atoms. The number of Topliss-reactive ketones (excluding diaryl/α,β-unsaturated/α-hetero) is 1. The molecule has 0 unspecified atom stereocenters. The third kappa shape index (κ3) is 4.32. The molecule has 0 aliphatic carbocycles. The fraction of sp³-hybridized carbons (Fsp3) is 0.143. The molecule has 0 saturated heterocycles. The molecule has 0 fully saturated rings. The van der Waals surface area contributed by atoms with Crippen LogP contribution in [0.3, 0.4) is 0 Å². The second kappa shape index (κ2) is 7.97. The van der Waals surface area contributed by atoms with E-state index < -0.39 is 0 Å². The number of fused-ring (bicyclic) bond motifs is 1. The summed E-state index contributed by atoms with van der Waals surface area (Å²) >= 11 is 0. The van der Waals surface area contributed by atoms with Crippen LogP contribution in [0.4, 0.5) is 0 Å². The Hall–Kier alpha value is -3.94.